The van der Waals surface area contributed by atoms with Gasteiger partial charge >= 0.3 is 0 Å². The van der Waals surface area contributed by atoms with Gasteiger partial charge in [0.15, 0.2) is 0 Å². The van der Waals surface area contributed by atoms with Crippen LogP contribution < -0.4 is 5.01 Å². The van der Waals surface area contributed by atoms with Crippen molar-refractivity contribution in [3.8, 4) is 11.3 Å². The highest BCUT2D eigenvalue weighted by Gasteiger charge is 2.49. The van der Waals surface area contributed by atoms with Gasteiger partial charge in [-0.2, -0.15) is 0 Å². The molecule has 0 radical (unpaired) electrons. The predicted molar refractivity (Wildman–Crippen MR) is 157 cm³/mol. The second-order valence-electron chi connectivity index (χ2n) is 11.3. The third-order valence-electron chi connectivity index (χ3n) is 8.57. The number of fused-ring (bicyclic) bond motifs is 1. The van der Waals surface area contributed by atoms with Crippen LogP contribution in [0.3, 0.4) is 0 Å². The normalized spacial score (nSPS) is 23.4. The van der Waals surface area contributed by atoms with Gasteiger partial charge in [0.25, 0.3) is 5.91 Å². The summed E-state index contributed by atoms with van der Waals surface area (Å²) in [5.41, 5.74) is 4.07. The van der Waals surface area contributed by atoms with Crippen LogP contribution >= 0.6 is 11.6 Å². The van der Waals surface area contributed by atoms with Crippen LogP contribution in [0.15, 0.2) is 61.2 Å². The summed E-state index contributed by atoms with van der Waals surface area (Å²) in [4.78, 5) is 28.6. The number of hydrogen-bond acceptors (Lipinski definition) is 6. The standard InChI is InChI=1S/C31H35ClN6O2/c1-21-9-11-24(12-10-21)31(23-7-5-4-6-8-23)19-40-14-13-38(31)37-20-34-26-16-27(30(39)36(2)3)35-28(29(26)37)22-15-25(32)18-33-17-22/h4-8,15-18,20-21,24H,9-14,19H2,1-3H3/t21-,24-,31?. The Labute approximate surface area is 239 Å². The van der Waals surface area contributed by atoms with Crippen LogP contribution in [0, 0.1) is 11.8 Å². The summed E-state index contributed by atoms with van der Waals surface area (Å²) < 4.78 is 8.45. The van der Waals surface area contributed by atoms with E-state index < -0.39 is 0 Å². The van der Waals surface area contributed by atoms with Crippen molar-refractivity contribution < 1.29 is 9.53 Å². The fourth-order valence-electron chi connectivity index (χ4n) is 6.50. The molecule has 1 aliphatic heterocycles. The molecule has 1 aromatic carbocycles. The van der Waals surface area contributed by atoms with Crippen molar-refractivity contribution in [3.63, 3.8) is 0 Å². The Morgan fingerprint density at radius 2 is 1.88 bits per heavy atom. The molecule has 6 rings (SSSR count). The summed E-state index contributed by atoms with van der Waals surface area (Å²) in [5, 5.41) is 2.95. The molecule has 3 aromatic heterocycles. The van der Waals surface area contributed by atoms with E-state index in [-0.39, 0.29) is 11.4 Å². The van der Waals surface area contributed by atoms with Crippen molar-refractivity contribution in [2.45, 2.75) is 38.1 Å². The molecule has 4 aromatic rings. The number of ether oxygens (including phenoxy) is 1. The molecule has 4 heterocycles. The number of pyridine rings is 2. The summed E-state index contributed by atoms with van der Waals surface area (Å²) >= 11 is 6.38. The average Bonchev–Trinajstić information content (AvgIpc) is 3.41. The van der Waals surface area contributed by atoms with Crippen molar-refractivity contribution in [1.29, 1.82) is 0 Å². The molecule has 1 aliphatic carbocycles. The molecule has 40 heavy (non-hydrogen) atoms. The van der Waals surface area contributed by atoms with Gasteiger partial charge in [-0.3, -0.25) is 14.8 Å². The Kier molecular flexibility index (Phi) is 7.23. The molecule has 1 amide bonds. The molecule has 8 nitrogen and oxygen atoms in total. The maximum absolute atomic E-state index is 13.0. The fraction of sp³-hybridized carbons (Fsp3) is 0.419. The van der Waals surface area contributed by atoms with E-state index in [9.17, 15) is 4.79 Å². The maximum Gasteiger partial charge on any atom is 0.272 e. The van der Waals surface area contributed by atoms with E-state index >= 15 is 0 Å². The van der Waals surface area contributed by atoms with Gasteiger partial charge < -0.3 is 9.64 Å². The third kappa shape index (κ3) is 4.63. The first-order chi connectivity index (χ1) is 19.4. The van der Waals surface area contributed by atoms with Crippen molar-refractivity contribution >= 4 is 28.5 Å². The van der Waals surface area contributed by atoms with Crippen LogP contribution in [-0.2, 0) is 10.3 Å². The number of imidazole rings is 1. The summed E-state index contributed by atoms with van der Waals surface area (Å²) in [6.07, 6.45) is 9.87. The van der Waals surface area contributed by atoms with Crippen LogP contribution in [-0.4, -0.2) is 64.3 Å². The topological polar surface area (TPSA) is 76.4 Å². The van der Waals surface area contributed by atoms with Crippen LogP contribution in [0.5, 0.6) is 0 Å². The van der Waals surface area contributed by atoms with Crippen LogP contribution in [0.2, 0.25) is 5.02 Å². The van der Waals surface area contributed by atoms with Gasteiger partial charge in [0, 0.05) is 32.1 Å². The average molecular weight is 559 g/mol. The molecule has 0 bridgehead atoms. The summed E-state index contributed by atoms with van der Waals surface area (Å²) in [6.45, 7) is 4.25. The quantitative estimate of drug-likeness (QED) is 0.320. The predicted octanol–water partition coefficient (Wildman–Crippen LogP) is 5.54. The Morgan fingerprint density at radius 1 is 1.10 bits per heavy atom. The lowest BCUT2D eigenvalue weighted by molar-refractivity contribution is -0.0103. The minimum atomic E-state index is -0.380. The number of morpholine rings is 1. The third-order valence-corrected chi connectivity index (χ3v) is 8.77. The van der Waals surface area contributed by atoms with Crippen LogP contribution in [0.4, 0.5) is 0 Å². The maximum atomic E-state index is 13.0. The van der Waals surface area contributed by atoms with E-state index in [4.69, 9.17) is 26.3 Å². The second kappa shape index (κ2) is 10.8. The highest BCUT2D eigenvalue weighted by Crippen LogP contribution is 2.46. The first kappa shape index (κ1) is 26.7. The van der Waals surface area contributed by atoms with E-state index in [2.05, 4.69) is 51.9 Å². The number of aromatic nitrogens is 4. The van der Waals surface area contributed by atoms with Crippen molar-refractivity contribution in [3.05, 3.63) is 77.5 Å². The molecule has 9 heteroatoms. The van der Waals surface area contributed by atoms with Gasteiger partial charge in [0.1, 0.15) is 28.8 Å². The van der Waals surface area contributed by atoms with Gasteiger partial charge in [-0.15, -0.1) is 0 Å². The zero-order valence-electron chi connectivity index (χ0n) is 23.3. The summed E-state index contributed by atoms with van der Waals surface area (Å²) in [6, 6.07) is 14.4. The van der Waals surface area contributed by atoms with E-state index in [0.717, 1.165) is 29.8 Å². The lowest BCUT2D eigenvalue weighted by Gasteiger charge is -2.54. The fourth-order valence-corrected chi connectivity index (χ4v) is 6.68. The Balaban J connectivity index is 1.59. The number of hydrogen-bond donors (Lipinski definition) is 0. The zero-order valence-corrected chi connectivity index (χ0v) is 24.0. The minimum absolute atomic E-state index is 0.186. The molecule has 2 fully saturated rings. The van der Waals surface area contributed by atoms with E-state index in [1.165, 1.54) is 23.3 Å². The van der Waals surface area contributed by atoms with Crippen molar-refractivity contribution in [1.82, 2.24) is 24.5 Å². The molecule has 208 valence electrons. The highest BCUT2D eigenvalue weighted by molar-refractivity contribution is 6.30. The molecule has 1 unspecified atom stereocenters. The van der Waals surface area contributed by atoms with Gasteiger partial charge in [0.2, 0.25) is 0 Å². The molecule has 0 spiro atoms. The van der Waals surface area contributed by atoms with Crippen molar-refractivity contribution in [2.24, 2.45) is 11.8 Å². The number of carbonyl (C=O) groups is 1. The van der Waals surface area contributed by atoms with Gasteiger partial charge in [-0.25, -0.2) is 14.6 Å². The number of amides is 1. The van der Waals surface area contributed by atoms with Crippen molar-refractivity contribution in [2.75, 3.05) is 38.9 Å². The van der Waals surface area contributed by atoms with Gasteiger partial charge in [-0.05, 0) is 42.4 Å². The van der Waals surface area contributed by atoms with Gasteiger partial charge in [0.05, 0.1) is 30.3 Å². The Bertz CT molecular complexity index is 1520. The lowest BCUT2D eigenvalue weighted by Crippen LogP contribution is -2.63. The lowest BCUT2D eigenvalue weighted by atomic mass is 9.68. The van der Waals surface area contributed by atoms with E-state index in [1.807, 2.05) is 12.4 Å². The molecule has 1 atom stereocenters. The first-order valence-corrected chi connectivity index (χ1v) is 14.4. The number of rotatable bonds is 5. The summed E-state index contributed by atoms with van der Waals surface area (Å²) in [5.74, 6) is 0.951. The number of carbonyl (C=O) groups excluding carboxylic acids is 1. The molecule has 1 saturated heterocycles. The molecule has 2 aliphatic rings. The Morgan fingerprint density at radius 3 is 2.60 bits per heavy atom. The Hall–Kier alpha value is -3.49. The first-order valence-electron chi connectivity index (χ1n) is 14.0. The molecule has 0 N–H and O–H groups in total. The largest absolute Gasteiger partial charge is 0.377 e. The van der Waals surface area contributed by atoms with Crippen LogP contribution in [0.25, 0.3) is 22.3 Å². The number of halogens is 1. The minimum Gasteiger partial charge on any atom is -0.377 e. The molecule has 1 saturated carbocycles. The number of nitrogens with zero attached hydrogens (tertiary/aromatic N) is 6. The molecular formula is C31H35ClN6O2. The zero-order chi connectivity index (χ0) is 27.9. The van der Waals surface area contributed by atoms with E-state index in [1.54, 1.807) is 32.6 Å². The monoisotopic (exact) mass is 558 g/mol. The smallest absolute Gasteiger partial charge is 0.272 e. The van der Waals surface area contributed by atoms with Gasteiger partial charge in [-0.1, -0.05) is 61.7 Å². The number of benzene rings is 1. The SMILES string of the molecule is CN(C)C(=O)c1cc2ncn(N3CCOCC3(c3ccccc3)[C@H]3CC[C@H](C)CC3)c2c(-c2cncc(Cl)c2)n1. The second-order valence-corrected chi connectivity index (χ2v) is 11.8. The highest BCUT2D eigenvalue weighted by atomic mass is 35.5. The van der Waals surface area contributed by atoms with E-state index in [0.29, 0.717) is 47.6 Å². The van der Waals surface area contributed by atoms with Crippen LogP contribution in [0.1, 0.15) is 48.7 Å². The summed E-state index contributed by atoms with van der Waals surface area (Å²) in [7, 11) is 3.45. The molecular weight excluding hydrogens is 524 g/mol.